The van der Waals surface area contributed by atoms with Crippen LogP contribution in [0.25, 0.3) is 9.69 Å². The highest BCUT2D eigenvalue weighted by molar-refractivity contribution is 7.12. The van der Waals surface area contributed by atoms with Crippen LogP contribution in [0.3, 0.4) is 0 Å². The van der Waals surface area contributed by atoms with Crippen molar-refractivity contribution >= 4 is 92.8 Å². The number of methoxy groups -OCH3 is 3. The van der Waals surface area contributed by atoms with Gasteiger partial charge < -0.3 is 39.5 Å². The molecule has 26 heteroatoms. The Balaban J connectivity index is 0.000000195. The molecule has 0 bridgehead atoms. The number of hydrogen-bond acceptors (Lipinski definition) is 17. The van der Waals surface area contributed by atoms with Gasteiger partial charge in [0.15, 0.2) is 33.1 Å². The van der Waals surface area contributed by atoms with Gasteiger partial charge in [-0.25, -0.2) is 42.8 Å². The minimum atomic E-state index is -0.856. The van der Waals surface area contributed by atoms with E-state index >= 15 is 0 Å². The van der Waals surface area contributed by atoms with Gasteiger partial charge in [-0.1, -0.05) is 83.3 Å². The lowest BCUT2D eigenvalue weighted by atomic mass is 9.77. The molecule has 0 spiro atoms. The summed E-state index contributed by atoms with van der Waals surface area (Å²) in [5, 5.41) is 11.9. The van der Waals surface area contributed by atoms with E-state index in [0.29, 0.717) is 132 Å². The molecule has 6 aromatic rings. The van der Waals surface area contributed by atoms with Gasteiger partial charge in [0.25, 0.3) is 0 Å². The zero-order chi connectivity index (χ0) is 68.1. The fourth-order valence-corrected chi connectivity index (χ4v) is 14.5. The van der Waals surface area contributed by atoms with E-state index < -0.39 is 41.1 Å². The molecular weight excluding hydrogens is 1310 g/mol. The van der Waals surface area contributed by atoms with Crippen molar-refractivity contribution in [2.75, 3.05) is 86.8 Å². The Morgan fingerprint density at radius 3 is 1.75 bits per heavy atom. The van der Waals surface area contributed by atoms with E-state index in [1.165, 1.54) is 80.4 Å². The van der Waals surface area contributed by atoms with Crippen LogP contribution in [-0.4, -0.2) is 169 Å². The van der Waals surface area contributed by atoms with Crippen LogP contribution in [0.1, 0.15) is 75.7 Å². The number of carbonyl (C=O) groups is 4. The SMILES string of the molecule is [C-]#[N+]c1cc(C)c(C#CC(C)(C)C2C[C@@H]3CN(CC4=C(C(=O)OC)[C@H](c5ccc(F)cc5Cl)N=C(c5nccs5)N4)CCN3C2=O)c(C)c1.[C-]#[N+]c1ccc(C#CCN2C[C@@H]3CN(CC4=C(C(=O)OC)[C@H](c5ccc(F)cc5Cl)N=C(c5nccs5)N4)CCN3C2=O)c(OC)c1. The number of esters is 2. The van der Waals surface area contributed by atoms with Gasteiger partial charge in [0.2, 0.25) is 5.91 Å². The lowest BCUT2D eigenvalue weighted by Gasteiger charge is -2.39. The number of halogens is 4. The highest BCUT2D eigenvalue weighted by Crippen LogP contribution is 2.42. The van der Waals surface area contributed by atoms with Crippen LogP contribution in [-0.2, 0) is 23.9 Å². The van der Waals surface area contributed by atoms with Crippen molar-refractivity contribution in [3.63, 3.8) is 0 Å². The molecule has 4 fully saturated rings. The molecule has 4 saturated heterocycles. The maximum absolute atomic E-state index is 14.0. The van der Waals surface area contributed by atoms with Gasteiger partial charge in [-0.3, -0.25) is 24.6 Å². The Morgan fingerprint density at radius 2 is 1.25 bits per heavy atom. The van der Waals surface area contributed by atoms with Gasteiger partial charge in [-0.05, 0) is 75.6 Å². The zero-order valence-corrected chi connectivity index (χ0v) is 56.6. The number of amides is 3. The number of carbonyl (C=O) groups excluding carboxylic acids is 4. The molecule has 2 N–H and O–H groups in total. The molecule has 0 radical (unpaired) electrons. The zero-order valence-electron chi connectivity index (χ0n) is 53.4. The average Bonchev–Trinajstić information content (AvgIpc) is 1.11. The summed E-state index contributed by atoms with van der Waals surface area (Å²) >= 11 is 15.8. The number of urea groups is 1. The van der Waals surface area contributed by atoms with E-state index in [9.17, 15) is 28.0 Å². The van der Waals surface area contributed by atoms with Gasteiger partial charge in [-0.2, -0.15) is 0 Å². The normalized spacial score (nSPS) is 20.1. The van der Waals surface area contributed by atoms with Gasteiger partial charge in [0, 0.05) is 132 Å². The number of benzene rings is 4. The van der Waals surface area contributed by atoms with Crippen LogP contribution in [0.4, 0.5) is 25.0 Å². The lowest BCUT2D eigenvalue weighted by Crippen LogP contribution is -2.53. The number of fused-ring (bicyclic) bond motifs is 2. The Bertz CT molecular complexity index is 4400. The molecule has 492 valence electrons. The number of amidine groups is 2. The maximum atomic E-state index is 14.0. The van der Waals surface area contributed by atoms with E-state index in [1.807, 2.05) is 60.4 Å². The van der Waals surface area contributed by atoms with E-state index in [4.69, 9.17) is 60.5 Å². The van der Waals surface area contributed by atoms with Crippen molar-refractivity contribution in [1.29, 1.82) is 0 Å². The monoisotopic (exact) mass is 1370 g/mol. The number of hydrogen-bond donors (Lipinski definition) is 2. The topological polar surface area (TPSA) is 195 Å². The molecule has 3 amide bonds. The first-order valence-corrected chi connectivity index (χ1v) is 33.1. The molecule has 6 aliphatic heterocycles. The summed E-state index contributed by atoms with van der Waals surface area (Å²) in [5.74, 6) is 12.0. The van der Waals surface area contributed by atoms with E-state index in [2.05, 4.69) is 63.8 Å². The largest absolute Gasteiger partial charge is 0.497 e. The van der Waals surface area contributed by atoms with Crippen molar-refractivity contribution < 1.29 is 42.2 Å². The van der Waals surface area contributed by atoms with Crippen molar-refractivity contribution in [1.82, 2.24) is 45.1 Å². The molecule has 1 unspecified atom stereocenters. The summed E-state index contributed by atoms with van der Waals surface area (Å²) in [5.41, 5.74) is 6.55. The molecule has 8 heterocycles. The molecule has 0 aliphatic carbocycles. The van der Waals surface area contributed by atoms with Gasteiger partial charge >= 0.3 is 18.0 Å². The Morgan fingerprint density at radius 1 is 0.708 bits per heavy atom. The van der Waals surface area contributed by atoms with E-state index in [1.54, 1.807) is 35.5 Å². The van der Waals surface area contributed by atoms with E-state index in [-0.39, 0.29) is 57.7 Å². The predicted molar refractivity (Wildman–Crippen MR) is 363 cm³/mol. The first-order chi connectivity index (χ1) is 46.2. The highest BCUT2D eigenvalue weighted by Gasteiger charge is 2.49. The number of aliphatic imine (C=N–C) groups is 2. The summed E-state index contributed by atoms with van der Waals surface area (Å²) in [4.78, 5) is 89.1. The minimum absolute atomic E-state index is 0.0195. The second kappa shape index (κ2) is 29.2. The Hall–Kier alpha value is -9.50. The van der Waals surface area contributed by atoms with Crippen molar-refractivity contribution in [3.05, 3.63) is 200 Å². The first kappa shape index (κ1) is 67.9. The predicted octanol–water partition coefficient (Wildman–Crippen LogP) is 10.7. The van der Waals surface area contributed by atoms with Gasteiger partial charge in [-0.15, -0.1) is 22.7 Å². The highest BCUT2D eigenvalue weighted by atomic mass is 35.5. The van der Waals surface area contributed by atoms with Crippen molar-refractivity contribution in [2.45, 2.75) is 58.3 Å². The van der Waals surface area contributed by atoms with Crippen LogP contribution in [0.5, 0.6) is 5.75 Å². The molecule has 96 heavy (non-hydrogen) atoms. The molecule has 0 saturated carbocycles. The summed E-state index contributed by atoms with van der Waals surface area (Å²) in [7, 11) is 4.14. The first-order valence-electron chi connectivity index (χ1n) is 30.6. The number of nitrogens with one attached hydrogen (secondary N) is 2. The van der Waals surface area contributed by atoms with Crippen LogP contribution in [0.15, 0.2) is 122 Å². The fraction of sp³-hybridized carbons (Fsp3) is 0.343. The molecule has 20 nitrogen and oxygen atoms in total. The van der Waals surface area contributed by atoms with Crippen LogP contribution >= 0.6 is 45.9 Å². The second-order valence-electron chi connectivity index (χ2n) is 24.1. The molecule has 5 atom stereocenters. The third-order valence-corrected chi connectivity index (χ3v) is 19.8. The maximum Gasteiger partial charge on any atom is 0.338 e. The molecule has 2 aromatic heterocycles. The summed E-state index contributed by atoms with van der Waals surface area (Å²) < 4.78 is 43.8. The number of nitrogens with zero attached hydrogens (tertiary/aromatic N) is 11. The number of ether oxygens (including phenoxy) is 3. The number of rotatable bonds is 13. The third kappa shape index (κ3) is 14.5. The van der Waals surface area contributed by atoms with Crippen LogP contribution in [0, 0.1) is 73.6 Å². The summed E-state index contributed by atoms with van der Waals surface area (Å²) in [6, 6.07) is 14.9. The van der Waals surface area contributed by atoms with Gasteiger partial charge in [0.1, 0.15) is 29.5 Å². The minimum Gasteiger partial charge on any atom is -0.497 e. The van der Waals surface area contributed by atoms with Crippen molar-refractivity contribution in [2.24, 2.45) is 21.3 Å². The Kier molecular flexibility index (Phi) is 20.7. The lowest BCUT2D eigenvalue weighted by molar-refractivity contribution is -0.137. The number of aromatic nitrogens is 2. The summed E-state index contributed by atoms with van der Waals surface area (Å²) in [6.07, 6.45) is 3.99. The number of aryl methyl sites for hydroxylation is 2. The third-order valence-electron chi connectivity index (χ3n) is 17.6. The van der Waals surface area contributed by atoms with E-state index in [0.717, 1.165) is 16.7 Å². The van der Waals surface area contributed by atoms with Gasteiger partial charge in [0.05, 0.1) is 69.7 Å². The van der Waals surface area contributed by atoms with Crippen LogP contribution < -0.4 is 15.4 Å². The average molecular weight is 1370 g/mol. The smallest absolute Gasteiger partial charge is 0.338 e. The number of piperazine rings is 2. The quantitative estimate of drug-likeness (QED) is 0.0630. The van der Waals surface area contributed by atoms with Crippen molar-refractivity contribution in [3.8, 4) is 29.4 Å². The molecule has 4 aromatic carbocycles. The Labute approximate surface area is 572 Å². The molecular formula is C70H65Cl2F2N13O7S2. The fourth-order valence-electron chi connectivity index (χ4n) is 12.8. The summed E-state index contributed by atoms with van der Waals surface area (Å²) in [6.45, 7) is 27.3. The standard InChI is InChI=1S/C37H36ClFN6O3S.C33H29ClFN7O4S/c1-21-15-24(40-5)16-22(2)26(21)9-10-37(3,4)28-18-25-19-44(12-13-45(25)35(28)46)20-30-31(36(47)48-6)32(27-8-7-23(39)17-29(27)38)43-33(42-30)34-41-11-14-49-34;1-36-22-8-6-20(27(16-22)45-2)5-4-11-41-18-23-17-40(12-13-42(23)33(41)44)19-26-28(32(43)46-3)29(24-9-7-21(35)15-25(24)34)39-30(38-26)31-37-10-14-47-31/h7-8,11,14-17,25,28,32H,12-13,18-20H2,1-4,6H3,(H,42,43);6-10,14-16,23,29H,11-13,17-19H2,2-3H3,(H,38,39)/t25-,28?,32+;23-,29-/m10/s1. The van der Waals surface area contributed by atoms with Crippen LogP contribution in [0.2, 0.25) is 10.0 Å². The number of thiazole rings is 2. The second-order valence-corrected chi connectivity index (χ2v) is 26.7. The molecule has 12 rings (SSSR count). The molecule has 6 aliphatic rings.